The third kappa shape index (κ3) is 4.86. The number of ketones is 1. The number of hydrogen-bond acceptors (Lipinski definition) is 3. The van der Waals surface area contributed by atoms with Gasteiger partial charge in [-0.05, 0) is 19.4 Å². The van der Waals surface area contributed by atoms with Crippen LogP contribution in [0.4, 0.5) is 4.39 Å². The summed E-state index contributed by atoms with van der Waals surface area (Å²) in [5.74, 6) is -0.512. The van der Waals surface area contributed by atoms with Gasteiger partial charge in [0.25, 0.3) is 0 Å². The number of Topliss-reactive ketones (excluding diaryl/α,β-unsaturated/α-hetero) is 1. The van der Waals surface area contributed by atoms with E-state index in [-0.39, 0.29) is 0 Å². The Labute approximate surface area is 65.9 Å². The molecule has 4 heteroatoms. The Hall–Kier alpha value is -0.480. The van der Waals surface area contributed by atoms with Gasteiger partial charge in [-0.1, -0.05) is 6.42 Å². The van der Waals surface area contributed by atoms with Crippen molar-refractivity contribution in [2.24, 2.45) is 11.5 Å². The van der Waals surface area contributed by atoms with E-state index in [1.807, 2.05) is 0 Å². The molecule has 0 fully saturated rings. The summed E-state index contributed by atoms with van der Waals surface area (Å²) in [6.45, 7) is -0.361. The van der Waals surface area contributed by atoms with Gasteiger partial charge in [0, 0.05) is 0 Å². The molecule has 0 aliphatic carbocycles. The van der Waals surface area contributed by atoms with Gasteiger partial charge in [-0.15, -0.1) is 0 Å². The van der Waals surface area contributed by atoms with Crippen LogP contribution in [0.25, 0.3) is 0 Å². The molecule has 0 radical (unpaired) electrons. The third-order valence-electron chi connectivity index (χ3n) is 1.51. The highest BCUT2D eigenvalue weighted by molar-refractivity contribution is 5.84. The molecule has 0 aliphatic rings. The van der Waals surface area contributed by atoms with Gasteiger partial charge >= 0.3 is 0 Å². The van der Waals surface area contributed by atoms with Crippen LogP contribution in [-0.2, 0) is 4.79 Å². The molecule has 0 spiro atoms. The van der Waals surface area contributed by atoms with E-state index in [2.05, 4.69) is 0 Å². The number of carbonyl (C=O) groups is 1. The Balaban J connectivity index is 3.36. The van der Waals surface area contributed by atoms with Crippen molar-refractivity contribution in [1.82, 2.24) is 0 Å². The summed E-state index contributed by atoms with van der Waals surface area (Å²) < 4.78 is 11.7. The maximum absolute atomic E-state index is 11.7. The van der Waals surface area contributed by atoms with E-state index >= 15 is 0 Å². The Morgan fingerprint density at radius 3 is 2.55 bits per heavy atom. The zero-order valence-electron chi connectivity index (χ0n) is 6.55. The van der Waals surface area contributed by atoms with Crippen LogP contribution in [0.3, 0.4) is 0 Å². The molecule has 0 amide bonds. The van der Waals surface area contributed by atoms with Crippen LogP contribution in [0.2, 0.25) is 0 Å². The van der Waals surface area contributed by atoms with Crippen molar-refractivity contribution in [3.63, 3.8) is 0 Å². The molecule has 0 rings (SSSR count). The van der Waals surface area contributed by atoms with E-state index in [9.17, 15) is 9.18 Å². The summed E-state index contributed by atoms with van der Waals surface area (Å²) in [4.78, 5) is 10.6. The van der Waals surface area contributed by atoms with Crippen molar-refractivity contribution in [2.75, 3.05) is 13.2 Å². The number of rotatable bonds is 6. The van der Waals surface area contributed by atoms with Crippen LogP contribution in [0, 0.1) is 0 Å². The number of unbranched alkanes of at least 4 members (excludes halogenated alkanes) is 1. The molecule has 3 nitrogen and oxygen atoms in total. The molecule has 66 valence electrons. The SMILES string of the molecule is NCCCCC(N)C(=O)CF. The predicted molar refractivity (Wildman–Crippen MR) is 41.9 cm³/mol. The molecule has 0 aromatic rings. The summed E-state index contributed by atoms with van der Waals surface area (Å²) >= 11 is 0. The topological polar surface area (TPSA) is 69.1 Å². The quantitative estimate of drug-likeness (QED) is 0.539. The summed E-state index contributed by atoms with van der Waals surface area (Å²) in [6, 6.07) is -0.633. The van der Waals surface area contributed by atoms with E-state index in [4.69, 9.17) is 11.5 Å². The lowest BCUT2D eigenvalue weighted by molar-refractivity contribution is -0.121. The van der Waals surface area contributed by atoms with Gasteiger partial charge < -0.3 is 11.5 Å². The summed E-state index contributed by atoms with van der Waals surface area (Å²) in [5.41, 5.74) is 10.6. The van der Waals surface area contributed by atoms with Crippen LogP contribution < -0.4 is 11.5 Å². The molecular weight excluding hydrogens is 147 g/mol. The molecule has 0 saturated heterocycles. The van der Waals surface area contributed by atoms with Crippen LogP contribution >= 0.6 is 0 Å². The van der Waals surface area contributed by atoms with Crippen molar-refractivity contribution < 1.29 is 9.18 Å². The van der Waals surface area contributed by atoms with Crippen molar-refractivity contribution >= 4 is 5.78 Å². The molecule has 4 N–H and O–H groups in total. The number of alkyl halides is 1. The predicted octanol–water partition coefficient (Wildman–Crippen LogP) is -0.0187. The van der Waals surface area contributed by atoms with Crippen LogP contribution in [-0.4, -0.2) is 25.0 Å². The average molecular weight is 162 g/mol. The standard InChI is InChI=1S/C7H15FN2O/c8-5-7(11)6(10)3-1-2-4-9/h6H,1-5,9-10H2. The first-order valence-electron chi connectivity index (χ1n) is 3.76. The van der Waals surface area contributed by atoms with Gasteiger partial charge in [0.15, 0.2) is 5.78 Å². The number of carbonyl (C=O) groups excluding carboxylic acids is 1. The molecular formula is C7H15FN2O. The molecule has 0 bridgehead atoms. The zero-order valence-corrected chi connectivity index (χ0v) is 6.55. The van der Waals surface area contributed by atoms with E-state index in [0.717, 1.165) is 12.8 Å². The molecule has 0 aromatic carbocycles. The molecule has 1 unspecified atom stereocenters. The summed E-state index contributed by atoms with van der Waals surface area (Å²) in [7, 11) is 0. The van der Waals surface area contributed by atoms with Crippen LogP contribution in [0.5, 0.6) is 0 Å². The maximum Gasteiger partial charge on any atom is 0.180 e. The monoisotopic (exact) mass is 162 g/mol. The lowest BCUT2D eigenvalue weighted by Gasteiger charge is -2.06. The Morgan fingerprint density at radius 2 is 2.09 bits per heavy atom. The van der Waals surface area contributed by atoms with E-state index < -0.39 is 18.5 Å². The molecule has 0 saturated carbocycles. The normalized spacial score (nSPS) is 13.0. The second kappa shape index (κ2) is 6.24. The Morgan fingerprint density at radius 1 is 1.45 bits per heavy atom. The second-order valence-electron chi connectivity index (χ2n) is 2.49. The number of hydrogen-bond donors (Lipinski definition) is 2. The summed E-state index contributed by atoms with van der Waals surface area (Å²) in [5, 5.41) is 0. The summed E-state index contributed by atoms with van der Waals surface area (Å²) in [6.07, 6.45) is 2.18. The van der Waals surface area contributed by atoms with Gasteiger partial charge in [-0.2, -0.15) is 0 Å². The number of nitrogens with two attached hydrogens (primary N) is 2. The van der Waals surface area contributed by atoms with Crippen molar-refractivity contribution in [2.45, 2.75) is 25.3 Å². The molecule has 0 aliphatic heterocycles. The van der Waals surface area contributed by atoms with Gasteiger partial charge in [-0.3, -0.25) is 4.79 Å². The largest absolute Gasteiger partial charge is 0.330 e. The maximum atomic E-state index is 11.7. The molecule has 11 heavy (non-hydrogen) atoms. The van der Waals surface area contributed by atoms with Crippen molar-refractivity contribution in [3.05, 3.63) is 0 Å². The molecule has 0 aromatic heterocycles. The number of halogens is 1. The smallest absolute Gasteiger partial charge is 0.180 e. The van der Waals surface area contributed by atoms with E-state index in [1.54, 1.807) is 0 Å². The fraction of sp³-hybridized carbons (Fsp3) is 0.857. The van der Waals surface area contributed by atoms with Crippen LogP contribution in [0.1, 0.15) is 19.3 Å². The van der Waals surface area contributed by atoms with Crippen molar-refractivity contribution in [1.29, 1.82) is 0 Å². The highest BCUT2D eigenvalue weighted by Gasteiger charge is 2.11. The first kappa shape index (κ1) is 10.5. The van der Waals surface area contributed by atoms with Gasteiger partial charge in [0.05, 0.1) is 6.04 Å². The highest BCUT2D eigenvalue weighted by Crippen LogP contribution is 1.98. The second-order valence-corrected chi connectivity index (χ2v) is 2.49. The molecule has 1 atom stereocenters. The third-order valence-corrected chi connectivity index (χ3v) is 1.51. The lowest BCUT2D eigenvalue weighted by atomic mass is 10.1. The fourth-order valence-electron chi connectivity index (χ4n) is 0.769. The van der Waals surface area contributed by atoms with Crippen LogP contribution in [0.15, 0.2) is 0 Å². The van der Waals surface area contributed by atoms with Gasteiger partial charge in [-0.25, -0.2) is 4.39 Å². The first-order chi connectivity index (χ1) is 5.22. The van der Waals surface area contributed by atoms with E-state index in [1.165, 1.54) is 0 Å². The minimum Gasteiger partial charge on any atom is -0.330 e. The molecule has 0 heterocycles. The Bertz CT molecular complexity index is 119. The van der Waals surface area contributed by atoms with E-state index in [0.29, 0.717) is 13.0 Å². The highest BCUT2D eigenvalue weighted by atomic mass is 19.1. The van der Waals surface area contributed by atoms with Gasteiger partial charge in [0.1, 0.15) is 6.67 Å². The minimum absolute atomic E-state index is 0.512. The zero-order chi connectivity index (χ0) is 8.69. The van der Waals surface area contributed by atoms with Crippen molar-refractivity contribution in [3.8, 4) is 0 Å². The van der Waals surface area contributed by atoms with Gasteiger partial charge in [0.2, 0.25) is 0 Å². The average Bonchev–Trinajstić information content (AvgIpc) is 2.03. The minimum atomic E-state index is -0.955. The Kier molecular flexibility index (Phi) is 5.97. The first-order valence-corrected chi connectivity index (χ1v) is 3.76. The lowest BCUT2D eigenvalue weighted by Crippen LogP contribution is -2.31. The fourth-order valence-corrected chi connectivity index (χ4v) is 0.769.